The van der Waals surface area contributed by atoms with Crippen molar-refractivity contribution in [3.63, 3.8) is 0 Å². The van der Waals surface area contributed by atoms with Crippen LogP contribution >= 0.6 is 0 Å². The quantitative estimate of drug-likeness (QED) is 0.670. The molecule has 4 N–H and O–H groups in total. The fourth-order valence-corrected chi connectivity index (χ4v) is 1.43. The van der Waals surface area contributed by atoms with Crippen LogP contribution in [0.3, 0.4) is 0 Å². The molecule has 76 valence electrons. The van der Waals surface area contributed by atoms with Gasteiger partial charge in [0.15, 0.2) is 0 Å². The smallest absolute Gasteiger partial charge is 0.267 e. The number of aromatic nitrogens is 1. The second kappa shape index (κ2) is 3.74. The third-order valence-corrected chi connectivity index (χ3v) is 2.49. The molecule has 1 heterocycles. The lowest BCUT2D eigenvalue weighted by molar-refractivity contribution is 0.0948. The molecular formula is C10H15N3O. The Morgan fingerprint density at radius 3 is 3.00 bits per heavy atom. The maximum Gasteiger partial charge on any atom is 0.267 e. The van der Waals surface area contributed by atoms with Crippen LogP contribution in [0.5, 0.6) is 0 Å². The van der Waals surface area contributed by atoms with E-state index in [9.17, 15) is 4.79 Å². The summed E-state index contributed by atoms with van der Waals surface area (Å²) in [6, 6.07) is 1.65. The Bertz CT molecular complexity index is 328. The predicted octanol–water partition coefficient (Wildman–Crippen LogP) is 1.13. The third-order valence-electron chi connectivity index (χ3n) is 2.49. The van der Waals surface area contributed by atoms with Crippen LogP contribution in [0.15, 0.2) is 12.3 Å². The minimum Gasteiger partial charge on any atom is -0.397 e. The van der Waals surface area contributed by atoms with Gasteiger partial charge in [-0.1, -0.05) is 12.8 Å². The largest absolute Gasteiger partial charge is 0.397 e. The third kappa shape index (κ3) is 2.28. The van der Waals surface area contributed by atoms with E-state index in [-0.39, 0.29) is 5.91 Å². The van der Waals surface area contributed by atoms with Crippen molar-refractivity contribution in [1.82, 2.24) is 10.3 Å². The maximum absolute atomic E-state index is 11.5. The van der Waals surface area contributed by atoms with Gasteiger partial charge in [0, 0.05) is 18.4 Å². The summed E-state index contributed by atoms with van der Waals surface area (Å²) in [5, 5.41) is 2.86. The number of aromatic amines is 1. The zero-order valence-electron chi connectivity index (χ0n) is 8.05. The van der Waals surface area contributed by atoms with Crippen LogP contribution in [0.25, 0.3) is 0 Å². The first-order valence-corrected chi connectivity index (χ1v) is 4.98. The lowest BCUT2D eigenvalue weighted by Crippen LogP contribution is -2.24. The van der Waals surface area contributed by atoms with Crippen LogP contribution in [0.4, 0.5) is 5.69 Å². The first-order valence-electron chi connectivity index (χ1n) is 4.98. The van der Waals surface area contributed by atoms with Crippen molar-refractivity contribution in [2.75, 3.05) is 12.3 Å². The summed E-state index contributed by atoms with van der Waals surface area (Å²) in [6.07, 6.45) is 5.37. The molecule has 1 aliphatic carbocycles. The number of nitrogen functional groups attached to an aromatic ring is 1. The summed E-state index contributed by atoms with van der Waals surface area (Å²) in [5.74, 6) is 0.784. The van der Waals surface area contributed by atoms with E-state index < -0.39 is 0 Å². The Kier molecular flexibility index (Phi) is 2.43. The summed E-state index contributed by atoms with van der Waals surface area (Å²) in [7, 11) is 0. The summed E-state index contributed by atoms with van der Waals surface area (Å²) >= 11 is 0. The fourth-order valence-electron chi connectivity index (χ4n) is 1.43. The van der Waals surface area contributed by atoms with E-state index in [2.05, 4.69) is 10.3 Å². The normalized spacial score (nSPS) is 15.4. The van der Waals surface area contributed by atoms with Gasteiger partial charge in [0.25, 0.3) is 5.91 Å². The number of nitrogens with two attached hydrogens (primary N) is 1. The van der Waals surface area contributed by atoms with E-state index in [1.54, 1.807) is 12.3 Å². The Morgan fingerprint density at radius 1 is 1.64 bits per heavy atom. The molecule has 0 atom stereocenters. The van der Waals surface area contributed by atoms with E-state index in [4.69, 9.17) is 5.73 Å². The highest BCUT2D eigenvalue weighted by molar-refractivity contribution is 5.93. The van der Waals surface area contributed by atoms with Crippen molar-refractivity contribution in [3.8, 4) is 0 Å². The molecule has 0 unspecified atom stereocenters. The highest BCUT2D eigenvalue weighted by Crippen LogP contribution is 2.31. The number of carbonyl (C=O) groups is 1. The summed E-state index contributed by atoms with van der Waals surface area (Å²) in [4.78, 5) is 14.3. The van der Waals surface area contributed by atoms with Gasteiger partial charge < -0.3 is 16.0 Å². The van der Waals surface area contributed by atoms with E-state index in [0.29, 0.717) is 11.4 Å². The van der Waals surface area contributed by atoms with Crippen LogP contribution in [0, 0.1) is 5.92 Å². The lowest BCUT2D eigenvalue weighted by atomic mass is 10.3. The molecule has 2 rings (SSSR count). The Balaban J connectivity index is 1.76. The SMILES string of the molecule is Nc1c[nH]c(C(=O)NCCC2CC2)c1. The standard InChI is InChI=1S/C10H15N3O/c11-8-5-9(13-6-8)10(14)12-4-3-7-1-2-7/h5-7,13H,1-4,11H2,(H,12,14). The molecule has 0 aliphatic heterocycles. The van der Waals surface area contributed by atoms with Gasteiger partial charge in [-0.15, -0.1) is 0 Å². The molecule has 4 nitrogen and oxygen atoms in total. The lowest BCUT2D eigenvalue weighted by Gasteiger charge is -2.01. The van der Waals surface area contributed by atoms with E-state index in [1.165, 1.54) is 12.8 Å². The maximum atomic E-state index is 11.5. The molecule has 14 heavy (non-hydrogen) atoms. The Hall–Kier alpha value is -1.45. The minimum absolute atomic E-state index is 0.0673. The van der Waals surface area contributed by atoms with Crippen molar-refractivity contribution >= 4 is 11.6 Å². The van der Waals surface area contributed by atoms with Crippen molar-refractivity contribution in [1.29, 1.82) is 0 Å². The molecular weight excluding hydrogens is 178 g/mol. The highest BCUT2D eigenvalue weighted by Gasteiger charge is 2.20. The van der Waals surface area contributed by atoms with Crippen LogP contribution in [0.1, 0.15) is 29.8 Å². The van der Waals surface area contributed by atoms with Crippen molar-refractivity contribution in [2.24, 2.45) is 5.92 Å². The molecule has 1 aromatic rings. The average molecular weight is 193 g/mol. The zero-order valence-corrected chi connectivity index (χ0v) is 8.05. The zero-order chi connectivity index (χ0) is 9.97. The molecule has 0 saturated heterocycles. The topological polar surface area (TPSA) is 70.9 Å². The summed E-state index contributed by atoms with van der Waals surface area (Å²) in [6.45, 7) is 0.766. The number of rotatable bonds is 4. The van der Waals surface area contributed by atoms with Crippen LogP contribution in [-0.4, -0.2) is 17.4 Å². The monoisotopic (exact) mass is 193 g/mol. The predicted molar refractivity (Wildman–Crippen MR) is 54.9 cm³/mol. The average Bonchev–Trinajstić information content (AvgIpc) is 2.87. The second-order valence-corrected chi connectivity index (χ2v) is 3.83. The minimum atomic E-state index is -0.0673. The van der Waals surface area contributed by atoms with Crippen molar-refractivity contribution in [2.45, 2.75) is 19.3 Å². The summed E-state index contributed by atoms with van der Waals surface area (Å²) in [5.41, 5.74) is 6.63. The number of hydrogen-bond donors (Lipinski definition) is 3. The molecule has 4 heteroatoms. The molecule has 0 radical (unpaired) electrons. The number of amides is 1. The van der Waals surface area contributed by atoms with Gasteiger partial charge >= 0.3 is 0 Å². The first-order chi connectivity index (χ1) is 6.75. The molecule has 1 fully saturated rings. The number of hydrogen-bond acceptors (Lipinski definition) is 2. The van der Waals surface area contributed by atoms with Gasteiger partial charge in [-0.05, 0) is 18.4 Å². The van der Waals surface area contributed by atoms with Gasteiger partial charge in [-0.3, -0.25) is 4.79 Å². The van der Waals surface area contributed by atoms with Crippen LogP contribution in [0.2, 0.25) is 0 Å². The van der Waals surface area contributed by atoms with Crippen molar-refractivity contribution in [3.05, 3.63) is 18.0 Å². The van der Waals surface area contributed by atoms with Crippen molar-refractivity contribution < 1.29 is 4.79 Å². The highest BCUT2D eigenvalue weighted by atomic mass is 16.1. The van der Waals surface area contributed by atoms with Gasteiger partial charge in [-0.2, -0.15) is 0 Å². The van der Waals surface area contributed by atoms with Gasteiger partial charge in [0.2, 0.25) is 0 Å². The molecule has 1 amide bonds. The first kappa shape index (κ1) is 9.12. The molecule has 0 aromatic carbocycles. The molecule has 0 spiro atoms. The van der Waals surface area contributed by atoms with E-state index in [0.717, 1.165) is 18.9 Å². The molecule has 0 bridgehead atoms. The van der Waals surface area contributed by atoms with E-state index in [1.807, 2.05) is 0 Å². The van der Waals surface area contributed by atoms with Gasteiger partial charge in [0.1, 0.15) is 5.69 Å². The number of H-pyrrole nitrogens is 1. The Labute approximate surface area is 82.9 Å². The molecule has 1 aliphatic rings. The number of anilines is 1. The number of nitrogens with one attached hydrogen (secondary N) is 2. The fraction of sp³-hybridized carbons (Fsp3) is 0.500. The van der Waals surface area contributed by atoms with Crippen LogP contribution in [-0.2, 0) is 0 Å². The summed E-state index contributed by atoms with van der Waals surface area (Å²) < 4.78 is 0. The van der Waals surface area contributed by atoms with Gasteiger partial charge in [0.05, 0.1) is 0 Å². The second-order valence-electron chi connectivity index (χ2n) is 3.83. The molecule has 1 aromatic heterocycles. The number of carbonyl (C=O) groups excluding carboxylic acids is 1. The molecule has 1 saturated carbocycles. The Morgan fingerprint density at radius 2 is 2.43 bits per heavy atom. The van der Waals surface area contributed by atoms with Crippen LogP contribution < -0.4 is 11.1 Å². The van der Waals surface area contributed by atoms with Gasteiger partial charge in [-0.25, -0.2) is 0 Å². The van der Waals surface area contributed by atoms with E-state index >= 15 is 0 Å².